The highest BCUT2D eigenvalue weighted by molar-refractivity contribution is 5.94. The van der Waals surface area contributed by atoms with E-state index in [1.165, 1.54) is 0 Å². The van der Waals surface area contributed by atoms with Crippen LogP contribution in [0.15, 0.2) is 24.3 Å². The summed E-state index contributed by atoms with van der Waals surface area (Å²) in [6.07, 6.45) is 0.996. The van der Waals surface area contributed by atoms with E-state index in [1.54, 1.807) is 13.2 Å². The van der Waals surface area contributed by atoms with Crippen molar-refractivity contribution < 1.29 is 9.53 Å². The van der Waals surface area contributed by atoms with Crippen LogP contribution in [0.2, 0.25) is 0 Å². The van der Waals surface area contributed by atoms with Crippen molar-refractivity contribution in [1.29, 1.82) is 0 Å². The zero-order valence-corrected chi connectivity index (χ0v) is 12.0. The van der Waals surface area contributed by atoms with Crippen LogP contribution in [-0.4, -0.2) is 62.1 Å². The third-order valence-corrected chi connectivity index (χ3v) is 3.64. The van der Waals surface area contributed by atoms with Gasteiger partial charge in [0, 0.05) is 38.3 Å². The SMILES string of the molecule is COc1cccc(C(=O)N2CCCN(CCN)CC2)c1. The molecular formula is C15H23N3O2. The molecule has 1 saturated heterocycles. The molecule has 0 aromatic heterocycles. The molecule has 0 saturated carbocycles. The average Bonchev–Trinajstić information content (AvgIpc) is 2.73. The quantitative estimate of drug-likeness (QED) is 0.884. The molecule has 0 aliphatic carbocycles. The first-order valence-electron chi connectivity index (χ1n) is 7.10. The second kappa shape index (κ2) is 7.26. The van der Waals surface area contributed by atoms with Gasteiger partial charge in [-0.1, -0.05) is 6.07 Å². The first kappa shape index (κ1) is 14.8. The van der Waals surface area contributed by atoms with Gasteiger partial charge in [-0.15, -0.1) is 0 Å². The molecule has 0 atom stereocenters. The van der Waals surface area contributed by atoms with E-state index in [4.69, 9.17) is 10.5 Å². The minimum absolute atomic E-state index is 0.0819. The van der Waals surface area contributed by atoms with Crippen LogP contribution in [0.5, 0.6) is 5.75 Å². The van der Waals surface area contributed by atoms with Crippen LogP contribution in [0.1, 0.15) is 16.8 Å². The predicted molar refractivity (Wildman–Crippen MR) is 79.0 cm³/mol. The summed E-state index contributed by atoms with van der Waals surface area (Å²) in [6, 6.07) is 7.34. The smallest absolute Gasteiger partial charge is 0.254 e. The van der Waals surface area contributed by atoms with E-state index in [1.807, 2.05) is 23.1 Å². The molecule has 0 unspecified atom stereocenters. The molecule has 2 N–H and O–H groups in total. The second-order valence-electron chi connectivity index (χ2n) is 5.01. The van der Waals surface area contributed by atoms with E-state index >= 15 is 0 Å². The molecule has 20 heavy (non-hydrogen) atoms. The van der Waals surface area contributed by atoms with E-state index in [0.717, 1.165) is 44.9 Å². The fourth-order valence-corrected chi connectivity index (χ4v) is 2.52. The summed E-state index contributed by atoms with van der Waals surface area (Å²) in [5.74, 6) is 0.800. The van der Waals surface area contributed by atoms with Crippen molar-refractivity contribution in [2.45, 2.75) is 6.42 Å². The van der Waals surface area contributed by atoms with Crippen molar-refractivity contribution in [2.75, 3.05) is 46.4 Å². The van der Waals surface area contributed by atoms with Crippen molar-refractivity contribution in [3.63, 3.8) is 0 Å². The Morgan fingerprint density at radius 2 is 2.15 bits per heavy atom. The Kier molecular flexibility index (Phi) is 5.38. The van der Waals surface area contributed by atoms with Crippen LogP contribution in [0, 0.1) is 0 Å². The first-order valence-corrected chi connectivity index (χ1v) is 7.10. The van der Waals surface area contributed by atoms with Crippen LogP contribution >= 0.6 is 0 Å². The summed E-state index contributed by atoms with van der Waals surface area (Å²) in [4.78, 5) is 16.8. The molecule has 5 nitrogen and oxygen atoms in total. The van der Waals surface area contributed by atoms with Crippen molar-refractivity contribution in [3.8, 4) is 5.75 Å². The van der Waals surface area contributed by atoms with Gasteiger partial charge in [0.2, 0.25) is 0 Å². The van der Waals surface area contributed by atoms with Crippen molar-refractivity contribution in [3.05, 3.63) is 29.8 Å². The summed E-state index contributed by atoms with van der Waals surface area (Å²) >= 11 is 0. The number of benzene rings is 1. The molecule has 110 valence electrons. The fraction of sp³-hybridized carbons (Fsp3) is 0.533. The largest absolute Gasteiger partial charge is 0.497 e. The monoisotopic (exact) mass is 277 g/mol. The van der Waals surface area contributed by atoms with Crippen LogP contribution in [0.25, 0.3) is 0 Å². The molecule has 5 heteroatoms. The van der Waals surface area contributed by atoms with Gasteiger partial charge in [0.1, 0.15) is 5.75 Å². The van der Waals surface area contributed by atoms with Gasteiger partial charge in [-0.05, 0) is 31.2 Å². The number of rotatable bonds is 4. The summed E-state index contributed by atoms with van der Waals surface area (Å²) in [5, 5.41) is 0. The number of hydrogen-bond acceptors (Lipinski definition) is 4. The van der Waals surface area contributed by atoms with Crippen LogP contribution in [-0.2, 0) is 0 Å². The molecule has 1 amide bonds. The normalized spacial score (nSPS) is 16.8. The van der Waals surface area contributed by atoms with Gasteiger partial charge in [0.25, 0.3) is 5.91 Å². The Balaban J connectivity index is 2.01. The van der Waals surface area contributed by atoms with Gasteiger partial charge in [-0.2, -0.15) is 0 Å². The number of carbonyl (C=O) groups excluding carboxylic acids is 1. The highest BCUT2D eigenvalue weighted by Gasteiger charge is 2.20. The number of methoxy groups -OCH3 is 1. The number of carbonyl (C=O) groups is 1. The molecule has 0 radical (unpaired) electrons. The Morgan fingerprint density at radius 1 is 1.30 bits per heavy atom. The lowest BCUT2D eigenvalue weighted by Crippen LogP contribution is -2.36. The van der Waals surface area contributed by atoms with E-state index < -0.39 is 0 Å². The minimum Gasteiger partial charge on any atom is -0.497 e. The third-order valence-electron chi connectivity index (χ3n) is 3.64. The lowest BCUT2D eigenvalue weighted by molar-refractivity contribution is 0.0761. The number of ether oxygens (including phenoxy) is 1. The van der Waals surface area contributed by atoms with Crippen LogP contribution in [0.4, 0.5) is 0 Å². The lowest BCUT2D eigenvalue weighted by atomic mass is 10.2. The average molecular weight is 277 g/mol. The number of nitrogens with two attached hydrogens (primary N) is 1. The molecule has 1 aromatic carbocycles. The van der Waals surface area contributed by atoms with Gasteiger partial charge in [0.15, 0.2) is 0 Å². The Labute approximate surface area is 120 Å². The maximum absolute atomic E-state index is 12.5. The summed E-state index contributed by atoms with van der Waals surface area (Å²) in [7, 11) is 1.61. The molecule has 0 bridgehead atoms. The van der Waals surface area contributed by atoms with Gasteiger partial charge < -0.3 is 20.3 Å². The van der Waals surface area contributed by atoms with E-state index in [2.05, 4.69) is 4.90 Å². The maximum Gasteiger partial charge on any atom is 0.254 e. The van der Waals surface area contributed by atoms with E-state index in [9.17, 15) is 4.79 Å². The molecule has 1 aliphatic rings. The Morgan fingerprint density at radius 3 is 2.90 bits per heavy atom. The van der Waals surface area contributed by atoms with Crippen LogP contribution < -0.4 is 10.5 Å². The van der Waals surface area contributed by atoms with Gasteiger partial charge in [-0.3, -0.25) is 4.79 Å². The topological polar surface area (TPSA) is 58.8 Å². The number of hydrogen-bond donors (Lipinski definition) is 1. The summed E-state index contributed by atoms with van der Waals surface area (Å²) < 4.78 is 5.17. The summed E-state index contributed by atoms with van der Waals surface area (Å²) in [6.45, 7) is 5.05. The standard InChI is InChI=1S/C15H23N3O2/c1-20-14-5-2-4-13(12-14)15(19)18-8-3-7-17(9-6-16)10-11-18/h2,4-5,12H,3,6-11,16H2,1H3. The third kappa shape index (κ3) is 3.71. The lowest BCUT2D eigenvalue weighted by Gasteiger charge is -2.21. The van der Waals surface area contributed by atoms with E-state index in [-0.39, 0.29) is 5.91 Å². The number of nitrogens with zero attached hydrogens (tertiary/aromatic N) is 2. The Bertz CT molecular complexity index is 450. The zero-order valence-electron chi connectivity index (χ0n) is 12.0. The molecular weight excluding hydrogens is 254 g/mol. The van der Waals surface area contributed by atoms with Gasteiger partial charge in [-0.25, -0.2) is 0 Å². The van der Waals surface area contributed by atoms with Crippen LogP contribution in [0.3, 0.4) is 0 Å². The zero-order chi connectivity index (χ0) is 14.4. The predicted octanol–water partition coefficient (Wildman–Crippen LogP) is 0.802. The molecule has 1 aromatic rings. The van der Waals surface area contributed by atoms with E-state index in [0.29, 0.717) is 12.1 Å². The molecule has 0 spiro atoms. The van der Waals surface area contributed by atoms with Gasteiger partial charge >= 0.3 is 0 Å². The number of amides is 1. The maximum atomic E-state index is 12.5. The van der Waals surface area contributed by atoms with Gasteiger partial charge in [0.05, 0.1) is 7.11 Å². The minimum atomic E-state index is 0.0819. The molecule has 1 aliphatic heterocycles. The van der Waals surface area contributed by atoms with Crippen molar-refractivity contribution in [2.24, 2.45) is 5.73 Å². The Hall–Kier alpha value is -1.59. The highest BCUT2D eigenvalue weighted by atomic mass is 16.5. The molecule has 1 heterocycles. The summed E-state index contributed by atoms with van der Waals surface area (Å²) in [5.41, 5.74) is 6.28. The highest BCUT2D eigenvalue weighted by Crippen LogP contribution is 2.15. The first-order chi connectivity index (χ1) is 9.74. The molecule has 2 rings (SSSR count). The fourth-order valence-electron chi connectivity index (χ4n) is 2.52. The van der Waals surface area contributed by atoms with Crippen molar-refractivity contribution >= 4 is 5.91 Å². The second-order valence-corrected chi connectivity index (χ2v) is 5.01. The van der Waals surface area contributed by atoms with Crippen molar-refractivity contribution in [1.82, 2.24) is 9.80 Å². The molecule has 1 fully saturated rings.